The minimum absolute atomic E-state index is 0. The number of aliphatic carboxylic acids is 1. The van der Waals surface area contributed by atoms with Gasteiger partial charge >= 0.3 is 5.97 Å². The second-order valence-corrected chi connectivity index (χ2v) is 8.18. The Morgan fingerprint density at radius 2 is 1.61 bits per heavy atom. The van der Waals surface area contributed by atoms with Crippen molar-refractivity contribution in [2.75, 3.05) is 45.6 Å². The molecule has 11 heteroatoms. The first kappa shape index (κ1) is 26.6. The van der Waals surface area contributed by atoms with Crippen LogP contribution in [0.5, 0.6) is 5.75 Å². The summed E-state index contributed by atoms with van der Waals surface area (Å²) in [5, 5.41) is 8.60. The number of Topliss-reactive ketones (excluding diaryl/α,β-unsaturated/α-hetero) is 1. The molecule has 0 aromatic heterocycles. The Labute approximate surface area is 177 Å². The Hall–Kier alpha value is -1.39. The maximum absolute atomic E-state index is 11.8. The fourth-order valence-electron chi connectivity index (χ4n) is 2.68. The van der Waals surface area contributed by atoms with E-state index in [0.717, 1.165) is 0 Å². The standard InChI is InChI=1S/C17H24N2O6S.2ClH/c1-26(23,24)19-10-8-18(9-11-19)12-13-25-15-4-2-14(3-5-15)16(20)6-7-17(21)22;;/h2-5H,6-13H2,1H3,(H,21,22);2*1H. The van der Waals surface area contributed by atoms with Crippen molar-refractivity contribution in [1.82, 2.24) is 9.21 Å². The molecule has 1 saturated heterocycles. The van der Waals surface area contributed by atoms with Crippen LogP contribution < -0.4 is 4.74 Å². The van der Waals surface area contributed by atoms with Crippen LogP contribution >= 0.6 is 24.8 Å². The van der Waals surface area contributed by atoms with Crippen LogP contribution in [0.4, 0.5) is 0 Å². The molecule has 1 aromatic rings. The number of carboxylic acids is 1. The second-order valence-electron chi connectivity index (χ2n) is 6.19. The number of hydrogen-bond donors (Lipinski definition) is 1. The molecule has 1 heterocycles. The lowest BCUT2D eigenvalue weighted by Gasteiger charge is -2.33. The number of hydrogen-bond acceptors (Lipinski definition) is 6. The normalized spacial score (nSPS) is 15.2. The molecule has 1 aromatic carbocycles. The van der Waals surface area contributed by atoms with Gasteiger partial charge in [-0.25, -0.2) is 8.42 Å². The van der Waals surface area contributed by atoms with Crippen LogP contribution in [0.1, 0.15) is 23.2 Å². The number of benzene rings is 1. The van der Waals surface area contributed by atoms with E-state index in [1.807, 2.05) is 0 Å². The van der Waals surface area contributed by atoms with E-state index in [0.29, 0.717) is 50.6 Å². The molecule has 0 unspecified atom stereocenters. The van der Waals surface area contributed by atoms with Gasteiger partial charge in [0, 0.05) is 44.7 Å². The number of halogens is 2. The number of piperazine rings is 1. The number of ketones is 1. The van der Waals surface area contributed by atoms with Crippen LogP contribution in [0.3, 0.4) is 0 Å². The summed E-state index contributed by atoms with van der Waals surface area (Å²) >= 11 is 0. The highest BCUT2D eigenvalue weighted by Crippen LogP contribution is 2.14. The molecule has 1 aliphatic heterocycles. The van der Waals surface area contributed by atoms with Crippen molar-refractivity contribution in [3.8, 4) is 5.75 Å². The molecule has 1 fully saturated rings. The Kier molecular flexibility index (Phi) is 11.6. The van der Waals surface area contributed by atoms with Crippen molar-refractivity contribution in [1.29, 1.82) is 0 Å². The third kappa shape index (κ3) is 8.74. The molecule has 0 saturated carbocycles. The quantitative estimate of drug-likeness (QED) is 0.561. The van der Waals surface area contributed by atoms with Crippen LogP contribution in [0.15, 0.2) is 24.3 Å². The third-order valence-corrected chi connectivity index (χ3v) is 5.52. The van der Waals surface area contributed by atoms with Gasteiger partial charge in [-0.2, -0.15) is 4.31 Å². The topological polar surface area (TPSA) is 104 Å². The first-order valence-electron chi connectivity index (χ1n) is 8.41. The average Bonchev–Trinajstić information content (AvgIpc) is 2.60. The van der Waals surface area contributed by atoms with E-state index in [2.05, 4.69) is 4.90 Å². The summed E-state index contributed by atoms with van der Waals surface area (Å²) in [6.45, 7) is 3.49. The van der Waals surface area contributed by atoms with Gasteiger partial charge in [-0.3, -0.25) is 14.5 Å². The average molecular weight is 457 g/mol. The lowest BCUT2D eigenvalue weighted by molar-refractivity contribution is -0.136. The molecule has 0 bridgehead atoms. The zero-order valence-corrected chi connectivity index (χ0v) is 18.0. The van der Waals surface area contributed by atoms with Gasteiger partial charge in [0.2, 0.25) is 10.0 Å². The molecule has 2 rings (SSSR count). The van der Waals surface area contributed by atoms with Crippen LogP contribution in [0.2, 0.25) is 0 Å². The smallest absolute Gasteiger partial charge is 0.303 e. The van der Waals surface area contributed by atoms with E-state index in [1.165, 1.54) is 10.6 Å². The first-order chi connectivity index (χ1) is 12.3. The summed E-state index contributed by atoms with van der Waals surface area (Å²) in [7, 11) is -3.12. The lowest BCUT2D eigenvalue weighted by Crippen LogP contribution is -2.49. The monoisotopic (exact) mass is 456 g/mol. The van der Waals surface area contributed by atoms with Crippen molar-refractivity contribution in [2.24, 2.45) is 0 Å². The van der Waals surface area contributed by atoms with Gasteiger partial charge in [0.1, 0.15) is 12.4 Å². The fraction of sp³-hybridized carbons (Fsp3) is 0.529. The third-order valence-electron chi connectivity index (χ3n) is 4.22. The number of ether oxygens (including phenoxy) is 1. The summed E-state index contributed by atoms with van der Waals surface area (Å²) in [5.41, 5.74) is 0.468. The highest BCUT2D eigenvalue weighted by atomic mass is 35.5. The zero-order valence-electron chi connectivity index (χ0n) is 15.6. The van der Waals surface area contributed by atoms with E-state index < -0.39 is 16.0 Å². The molecule has 1 N–H and O–H groups in total. The van der Waals surface area contributed by atoms with E-state index in [4.69, 9.17) is 9.84 Å². The molecule has 0 aliphatic carbocycles. The Morgan fingerprint density at radius 1 is 1.04 bits per heavy atom. The predicted octanol–water partition coefficient (Wildman–Crippen LogP) is 1.53. The molecule has 0 radical (unpaired) electrons. The summed E-state index contributed by atoms with van der Waals surface area (Å²) in [6, 6.07) is 6.64. The summed E-state index contributed by atoms with van der Waals surface area (Å²) < 4.78 is 30.1. The van der Waals surface area contributed by atoms with Crippen LogP contribution in [0, 0.1) is 0 Å². The number of carboxylic acid groups (broad SMARTS) is 1. The number of nitrogens with zero attached hydrogens (tertiary/aromatic N) is 2. The second kappa shape index (κ2) is 12.2. The molecular formula is C17H26Cl2N2O6S. The van der Waals surface area contributed by atoms with Crippen LogP contribution in [-0.2, 0) is 14.8 Å². The van der Waals surface area contributed by atoms with Crippen molar-refractivity contribution >= 4 is 46.6 Å². The minimum atomic E-state index is -3.12. The molecule has 160 valence electrons. The summed E-state index contributed by atoms with van der Waals surface area (Å²) in [6.07, 6.45) is 1.03. The number of rotatable bonds is 9. The largest absolute Gasteiger partial charge is 0.492 e. The molecule has 1 aliphatic rings. The van der Waals surface area contributed by atoms with Gasteiger partial charge in [0.25, 0.3) is 0 Å². The maximum atomic E-state index is 11.8. The number of carbonyl (C=O) groups is 2. The van der Waals surface area contributed by atoms with Gasteiger partial charge in [-0.05, 0) is 24.3 Å². The van der Waals surface area contributed by atoms with Gasteiger partial charge in [-0.1, -0.05) is 0 Å². The highest BCUT2D eigenvalue weighted by Gasteiger charge is 2.22. The first-order valence-corrected chi connectivity index (χ1v) is 10.3. The Bertz CT molecular complexity index is 735. The summed E-state index contributed by atoms with van der Waals surface area (Å²) in [4.78, 5) is 24.5. The SMILES string of the molecule is CS(=O)(=O)N1CCN(CCOc2ccc(C(=O)CCC(=O)O)cc2)CC1.Cl.Cl. The van der Waals surface area contributed by atoms with Crippen molar-refractivity contribution < 1.29 is 27.9 Å². The van der Waals surface area contributed by atoms with Gasteiger partial charge in [-0.15, -0.1) is 24.8 Å². The number of sulfonamides is 1. The van der Waals surface area contributed by atoms with E-state index in [1.54, 1.807) is 24.3 Å². The lowest BCUT2D eigenvalue weighted by atomic mass is 10.1. The Morgan fingerprint density at radius 3 is 2.11 bits per heavy atom. The van der Waals surface area contributed by atoms with E-state index in [-0.39, 0.29) is 43.4 Å². The van der Waals surface area contributed by atoms with Crippen LogP contribution in [0.25, 0.3) is 0 Å². The van der Waals surface area contributed by atoms with Gasteiger partial charge in [0.05, 0.1) is 12.7 Å². The van der Waals surface area contributed by atoms with Gasteiger partial charge in [0.15, 0.2) is 5.78 Å². The molecule has 8 nitrogen and oxygen atoms in total. The fourth-order valence-corrected chi connectivity index (χ4v) is 3.51. The molecule has 0 spiro atoms. The minimum Gasteiger partial charge on any atom is -0.492 e. The molecule has 0 amide bonds. The maximum Gasteiger partial charge on any atom is 0.303 e. The molecular weight excluding hydrogens is 431 g/mol. The molecule has 28 heavy (non-hydrogen) atoms. The van der Waals surface area contributed by atoms with Gasteiger partial charge < -0.3 is 9.84 Å². The molecule has 0 atom stereocenters. The highest BCUT2D eigenvalue weighted by molar-refractivity contribution is 7.88. The number of carbonyl (C=O) groups excluding carboxylic acids is 1. The van der Waals surface area contributed by atoms with E-state index in [9.17, 15) is 18.0 Å². The van der Waals surface area contributed by atoms with Crippen molar-refractivity contribution in [3.05, 3.63) is 29.8 Å². The zero-order chi connectivity index (χ0) is 19.2. The Balaban J connectivity index is 0.00000364. The van der Waals surface area contributed by atoms with Crippen molar-refractivity contribution in [2.45, 2.75) is 12.8 Å². The predicted molar refractivity (Wildman–Crippen MR) is 110 cm³/mol. The summed E-state index contributed by atoms with van der Waals surface area (Å²) in [5.74, 6) is -0.562. The van der Waals surface area contributed by atoms with Crippen molar-refractivity contribution in [3.63, 3.8) is 0 Å². The van der Waals surface area contributed by atoms with E-state index >= 15 is 0 Å². The van der Waals surface area contributed by atoms with Crippen LogP contribution in [-0.4, -0.2) is 80.1 Å².